The monoisotopic (exact) mass is 209 g/mol. The van der Waals surface area contributed by atoms with Gasteiger partial charge in [0, 0.05) is 5.56 Å². The second-order valence-corrected chi connectivity index (χ2v) is 3.95. The molecule has 79 valence electrons. The molecule has 1 aliphatic carbocycles. The van der Waals surface area contributed by atoms with Crippen molar-refractivity contribution < 1.29 is 4.74 Å². The van der Waals surface area contributed by atoms with Crippen LogP contribution in [-0.2, 0) is 6.42 Å². The molecule has 0 spiro atoms. The predicted octanol–water partition coefficient (Wildman–Crippen LogP) is 3.62. The molecule has 2 aromatic rings. The Bertz CT molecular complexity index is 567. The van der Waals surface area contributed by atoms with Crippen LogP contribution in [0.1, 0.15) is 11.1 Å². The molecular weight excluding hydrogens is 196 g/mol. The van der Waals surface area contributed by atoms with E-state index in [4.69, 9.17) is 4.74 Å². The van der Waals surface area contributed by atoms with Crippen molar-refractivity contribution in [2.24, 2.45) is 0 Å². The lowest BCUT2D eigenvalue weighted by molar-refractivity contribution is 0.361. The van der Waals surface area contributed by atoms with Crippen LogP contribution < -0.4 is 4.74 Å². The first-order chi connectivity index (χ1) is 7.90. The quantitative estimate of drug-likeness (QED) is 0.734. The first-order valence-corrected chi connectivity index (χ1v) is 5.53. The van der Waals surface area contributed by atoms with Gasteiger partial charge in [-0.25, -0.2) is 0 Å². The van der Waals surface area contributed by atoms with Gasteiger partial charge in [-0.15, -0.1) is 0 Å². The fraction of sp³-hybridized carbons (Fsp3) is 0.133. The molecule has 0 heterocycles. The highest BCUT2D eigenvalue weighted by Gasteiger charge is 2.12. The zero-order valence-corrected chi connectivity index (χ0v) is 9.07. The van der Waals surface area contributed by atoms with Crippen molar-refractivity contribution in [3.05, 3.63) is 54.5 Å². The number of benzene rings is 2. The van der Waals surface area contributed by atoms with Crippen LogP contribution in [0, 0.1) is 6.92 Å². The highest BCUT2D eigenvalue weighted by Crippen LogP contribution is 2.34. The third-order valence-corrected chi connectivity index (χ3v) is 3.01. The smallest absolute Gasteiger partial charge is 0.127 e. The van der Waals surface area contributed by atoms with E-state index in [0.29, 0.717) is 6.61 Å². The van der Waals surface area contributed by atoms with Crippen molar-refractivity contribution >= 4 is 16.8 Å². The molecule has 0 atom stereocenters. The summed E-state index contributed by atoms with van der Waals surface area (Å²) in [6.45, 7) is 4.20. The number of ether oxygens (including phenoxy) is 1. The van der Waals surface area contributed by atoms with Gasteiger partial charge >= 0.3 is 0 Å². The molecular formula is C15H13O. The summed E-state index contributed by atoms with van der Waals surface area (Å²) in [6.07, 6.45) is 5.35. The van der Waals surface area contributed by atoms with E-state index in [0.717, 1.165) is 12.2 Å². The Kier molecular flexibility index (Phi) is 2.17. The fourth-order valence-electron chi connectivity index (χ4n) is 2.34. The van der Waals surface area contributed by atoms with E-state index in [-0.39, 0.29) is 0 Å². The van der Waals surface area contributed by atoms with Gasteiger partial charge in [-0.05, 0) is 35.7 Å². The number of hydrogen-bond acceptors (Lipinski definition) is 1. The van der Waals surface area contributed by atoms with Crippen molar-refractivity contribution in [1.82, 2.24) is 0 Å². The molecule has 0 unspecified atom stereocenters. The van der Waals surface area contributed by atoms with Crippen LogP contribution in [0.25, 0.3) is 16.8 Å². The molecule has 3 rings (SSSR count). The van der Waals surface area contributed by atoms with Gasteiger partial charge in [0.05, 0.1) is 6.61 Å². The van der Waals surface area contributed by atoms with Gasteiger partial charge in [-0.3, -0.25) is 0 Å². The Balaban J connectivity index is 2.35. The molecule has 2 aromatic carbocycles. The van der Waals surface area contributed by atoms with Crippen molar-refractivity contribution in [3.63, 3.8) is 0 Å². The molecule has 1 heteroatoms. The largest absolute Gasteiger partial charge is 0.493 e. The average Bonchev–Trinajstić information content (AvgIpc) is 2.33. The van der Waals surface area contributed by atoms with Crippen LogP contribution in [0.4, 0.5) is 0 Å². The summed E-state index contributed by atoms with van der Waals surface area (Å²) < 4.78 is 5.56. The third kappa shape index (κ3) is 1.32. The minimum Gasteiger partial charge on any atom is -0.493 e. The van der Waals surface area contributed by atoms with E-state index in [1.54, 1.807) is 0 Å². The van der Waals surface area contributed by atoms with E-state index >= 15 is 0 Å². The number of allylic oxidation sites excluding steroid dienone is 1. The lowest BCUT2D eigenvalue weighted by atomic mass is 9.92. The molecule has 1 nitrogen and oxygen atoms in total. The topological polar surface area (TPSA) is 9.23 Å². The van der Waals surface area contributed by atoms with Gasteiger partial charge in [0.25, 0.3) is 0 Å². The number of rotatable bonds is 2. The molecule has 1 aliphatic rings. The Morgan fingerprint density at radius 2 is 2.12 bits per heavy atom. The van der Waals surface area contributed by atoms with Crippen molar-refractivity contribution in [3.8, 4) is 5.75 Å². The second kappa shape index (κ2) is 3.67. The Labute approximate surface area is 95.4 Å². The van der Waals surface area contributed by atoms with E-state index in [2.05, 4.69) is 43.3 Å². The van der Waals surface area contributed by atoms with Gasteiger partial charge in [0.15, 0.2) is 0 Å². The van der Waals surface area contributed by atoms with E-state index in [9.17, 15) is 0 Å². The van der Waals surface area contributed by atoms with E-state index < -0.39 is 0 Å². The highest BCUT2D eigenvalue weighted by atomic mass is 16.5. The molecule has 0 bridgehead atoms. The zero-order valence-electron chi connectivity index (χ0n) is 9.07. The normalized spacial score (nSPS) is 13.1. The highest BCUT2D eigenvalue weighted by molar-refractivity contribution is 5.97. The van der Waals surface area contributed by atoms with Crippen molar-refractivity contribution in [2.75, 3.05) is 6.61 Å². The lowest BCUT2D eigenvalue weighted by Crippen LogP contribution is -1.98. The maximum atomic E-state index is 5.56. The summed E-state index contributed by atoms with van der Waals surface area (Å²) in [5, 5.41) is 2.62. The summed E-state index contributed by atoms with van der Waals surface area (Å²) in [5.41, 5.74) is 2.58. The number of hydrogen-bond donors (Lipinski definition) is 0. The minimum absolute atomic E-state index is 0.467. The van der Waals surface area contributed by atoms with Crippen LogP contribution in [0.2, 0.25) is 0 Å². The first-order valence-electron chi connectivity index (χ1n) is 5.53. The Morgan fingerprint density at radius 3 is 3.00 bits per heavy atom. The summed E-state index contributed by atoms with van der Waals surface area (Å²) >= 11 is 0. The molecule has 0 aliphatic heterocycles. The Hall–Kier alpha value is -1.76. The maximum Gasteiger partial charge on any atom is 0.127 e. The lowest BCUT2D eigenvalue weighted by Gasteiger charge is -2.16. The van der Waals surface area contributed by atoms with Gasteiger partial charge in [-0.1, -0.05) is 36.4 Å². The summed E-state index contributed by atoms with van der Waals surface area (Å²) in [5.74, 6) is 0.936. The van der Waals surface area contributed by atoms with Crippen molar-refractivity contribution in [1.29, 1.82) is 0 Å². The summed E-state index contributed by atoms with van der Waals surface area (Å²) in [6, 6.07) is 10.6. The second-order valence-electron chi connectivity index (χ2n) is 3.95. The maximum absolute atomic E-state index is 5.56. The summed E-state index contributed by atoms with van der Waals surface area (Å²) in [7, 11) is 0. The molecule has 0 aromatic heterocycles. The van der Waals surface area contributed by atoms with Crippen molar-refractivity contribution in [2.45, 2.75) is 6.42 Å². The van der Waals surface area contributed by atoms with E-state index in [1.807, 2.05) is 6.07 Å². The van der Waals surface area contributed by atoms with Gasteiger partial charge in [-0.2, -0.15) is 0 Å². The van der Waals surface area contributed by atoms with Crippen LogP contribution in [-0.4, -0.2) is 6.61 Å². The zero-order chi connectivity index (χ0) is 11.0. The SMILES string of the molecule is [CH2]COc1ccc2cccc3c2c1C=CC3. The van der Waals surface area contributed by atoms with E-state index in [1.165, 1.54) is 21.9 Å². The molecule has 1 radical (unpaired) electrons. The third-order valence-electron chi connectivity index (χ3n) is 3.01. The fourth-order valence-corrected chi connectivity index (χ4v) is 2.34. The predicted molar refractivity (Wildman–Crippen MR) is 67.5 cm³/mol. The van der Waals surface area contributed by atoms with Crippen LogP contribution in [0.5, 0.6) is 5.75 Å². The molecule has 0 saturated carbocycles. The van der Waals surface area contributed by atoms with Gasteiger partial charge < -0.3 is 4.74 Å². The Morgan fingerprint density at radius 1 is 1.19 bits per heavy atom. The summed E-state index contributed by atoms with van der Waals surface area (Å²) in [4.78, 5) is 0. The van der Waals surface area contributed by atoms with Crippen LogP contribution in [0.15, 0.2) is 36.4 Å². The molecule has 0 saturated heterocycles. The first kappa shape index (κ1) is 9.46. The molecule has 0 amide bonds. The molecule has 0 fully saturated rings. The van der Waals surface area contributed by atoms with Gasteiger partial charge in [0.2, 0.25) is 0 Å². The van der Waals surface area contributed by atoms with Gasteiger partial charge in [0.1, 0.15) is 5.75 Å². The van der Waals surface area contributed by atoms with Crippen LogP contribution >= 0.6 is 0 Å². The average molecular weight is 209 g/mol. The molecule has 0 N–H and O–H groups in total. The standard InChI is InChI=1S/C15H13O/c1-2-16-14-10-9-12-6-3-5-11-7-4-8-13(14)15(11)12/h3-6,8-10H,1-2,7H2. The minimum atomic E-state index is 0.467. The molecule has 16 heavy (non-hydrogen) atoms. The van der Waals surface area contributed by atoms with Crippen LogP contribution in [0.3, 0.4) is 0 Å².